The van der Waals surface area contributed by atoms with Crippen molar-refractivity contribution in [1.82, 2.24) is 0 Å². The van der Waals surface area contributed by atoms with Crippen LogP contribution < -0.4 is 14.4 Å². The minimum atomic E-state index is -0.535. The molecule has 0 unspecified atom stereocenters. The average Bonchev–Trinajstić information content (AvgIpc) is 2.90. The van der Waals surface area contributed by atoms with Gasteiger partial charge in [-0.2, -0.15) is 0 Å². The number of ether oxygens (including phenoxy) is 2. The second kappa shape index (κ2) is 8.27. The van der Waals surface area contributed by atoms with Gasteiger partial charge in [0.25, 0.3) is 11.8 Å². The molecule has 0 radical (unpaired) electrons. The summed E-state index contributed by atoms with van der Waals surface area (Å²) in [5.74, 6) is 0.392. The molecule has 0 aromatic heterocycles. The summed E-state index contributed by atoms with van der Waals surface area (Å²) in [6, 6.07) is 13.7. The second-order valence-corrected chi connectivity index (χ2v) is 6.31. The van der Waals surface area contributed by atoms with Crippen molar-refractivity contribution in [2.75, 3.05) is 18.1 Å². The quantitative estimate of drug-likeness (QED) is 0.663. The number of anilines is 1. The lowest BCUT2D eigenvalue weighted by atomic mass is 10.1. The zero-order valence-corrected chi connectivity index (χ0v) is 16.0. The van der Waals surface area contributed by atoms with Gasteiger partial charge >= 0.3 is 0 Å². The van der Waals surface area contributed by atoms with Crippen LogP contribution in [0.15, 0.2) is 53.6 Å². The van der Waals surface area contributed by atoms with E-state index in [0.29, 0.717) is 36.0 Å². The van der Waals surface area contributed by atoms with Crippen LogP contribution in [-0.2, 0) is 9.59 Å². The standard InChI is InChI=1S/C21H20ClNO4/c1-3-13-27-17-9-5-14(6-10-17)18-19(22)21(25)23(20(18)24)15-7-11-16(12-8-15)26-4-2/h5-12H,3-4,13H2,1-2H3. The van der Waals surface area contributed by atoms with Crippen LogP contribution in [0, 0.1) is 0 Å². The van der Waals surface area contributed by atoms with Gasteiger partial charge in [0.1, 0.15) is 16.5 Å². The van der Waals surface area contributed by atoms with E-state index in [-0.39, 0.29) is 10.6 Å². The molecule has 0 spiro atoms. The highest BCUT2D eigenvalue weighted by Crippen LogP contribution is 2.35. The zero-order valence-electron chi connectivity index (χ0n) is 15.2. The van der Waals surface area contributed by atoms with Gasteiger partial charge in [-0.25, -0.2) is 4.90 Å². The van der Waals surface area contributed by atoms with Gasteiger partial charge in [-0.15, -0.1) is 0 Å². The van der Waals surface area contributed by atoms with Crippen molar-refractivity contribution in [2.45, 2.75) is 20.3 Å². The Bertz CT molecular complexity index is 872. The Labute approximate surface area is 163 Å². The third kappa shape index (κ3) is 3.83. The summed E-state index contributed by atoms with van der Waals surface area (Å²) >= 11 is 6.22. The van der Waals surface area contributed by atoms with E-state index in [4.69, 9.17) is 21.1 Å². The highest BCUT2D eigenvalue weighted by molar-refractivity contribution is 6.60. The van der Waals surface area contributed by atoms with Crippen LogP contribution in [0.4, 0.5) is 5.69 Å². The van der Waals surface area contributed by atoms with Crippen LogP contribution in [0.3, 0.4) is 0 Å². The Morgan fingerprint density at radius 3 is 2.04 bits per heavy atom. The summed E-state index contributed by atoms with van der Waals surface area (Å²) in [7, 11) is 0. The Hall–Kier alpha value is -2.79. The molecule has 5 nitrogen and oxygen atoms in total. The van der Waals surface area contributed by atoms with E-state index in [1.807, 2.05) is 13.8 Å². The number of imide groups is 1. The Morgan fingerprint density at radius 2 is 1.44 bits per heavy atom. The van der Waals surface area contributed by atoms with Crippen molar-refractivity contribution in [1.29, 1.82) is 0 Å². The fraction of sp³-hybridized carbons (Fsp3) is 0.238. The van der Waals surface area contributed by atoms with E-state index in [0.717, 1.165) is 11.3 Å². The first-order chi connectivity index (χ1) is 13.1. The predicted molar refractivity (Wildman–Crippen MR) is 105 cm³/mol. The molecule has 2 aromatic rings. The molecule has 27 heavy (non-hydrogen) atoms. The van der Waals surface area contributed by atoms with E-state index in [1.54, 1.807) is 48.5 Å². The predicted octanol–water partition coefficient (Wildman–Crippen LogP) is 4.40. The fourth-order valence-corrected chi connectivity index (χ4v) is 3.06. The van der Waals surface area contributed by atoms with Crippen LogP contribution in [0.25, 0.3) is 5.57 Å². The first-order valence-corrected chi connectivity index (χ1v) is 9.19. The van der Waals surface area contributed by atoms with E-state index in [2.05, 4.69) is 0 Å². The maximum Gasteiger partial charge on any atom is 0.277 e. The van der Waals surface area contributed by atoms with E-state index in [1.165, 1.54) is 0 Å². The van der Waals surface area contributed by atoms with Crippen LogP contribution >= 0.6 is 11.6 Å². The summed E-state index contributed by atoms with van der Waals surface area (Å²) in [5, 5.41) is -0.0869. The summed E-state index contributed by atoms with van der Waals surface area (Å²) < 4.78 is 10.9. The third-order valence-electron chi connectivity index (χ3n) is 4.05. The Balaban J connectivity index is 1.85. The van der Waals surface area contributed by atoms with Gasteiger partial charge in [0, 0.05) is 0 Å². The first-order valence-electron chi connectivity index (χ1n) is 8.81. The maximum absolute atomic E-state index is 12.9. The van der Waals surface area contributed by atoms with E-state index < -0.39 is 11.8 Å². The Kier molecular flexibility index (Phi) is 5.81. The number of halogens is 1. The second-order valence-electron chi connectivity index (χ2n) is 5.93. The number of benzene rings is 2. The van der Waals surface area contributed by atoms with Crippen molar-refractivity contribution >= 4 is 34.7 Å². The molecule has 0 atom stereocenters. The van der Waals surface area contributed by atoms with E-state index in [9.17, 15) is 9.59 Å². The minimum absolute atomic E-state index is 0.0869. The molecule has 2 amide bonds. The minimum Gasteiger partial charge on any atom is -0.494 e. The van der Waals surface area contributed by atoms with Gasteiger partial charge in [0.15, 0.2) is 0 Å². The highest BCUT2D eigenvalue weighted by atomic mass is 35.5. The van der Waals surface area contributed by atoms with Gasteiger partial charge in [-0.1, -0.05) is 30.7 Å². The molecule has 0 bridgehead atoms. The van der Waals surface area contributed by atoms with Crippen LogP contribution in [0.1, 0.15) is 25.8 Å². The lowest BCUT2D eigenvalue weighted by molar-refractivity contribution is -0.119. The van der Waals surface area contributed by atoms with Gasteiger partial charge < -0.3 is 9.47 Å². The Morgan fingerprint density at radius 1 is 0.852 bits per heavy atom. The number of hydrogen-bond acceptors (Lipinski definition) is 4. The maximum atomic E-state index is 12.9. The topological polar surface area (TPSA) is 55.8 Å². The van der Waals surface area contributed by atoms with Crippen molar-refractivity contribution in [3.63, 3.8) is 0 Å². The molecule has 2 aromatic carbocycles. The zero-order chi connectivity index (χ0) is 19.4. The monoisotopic (exact) mass is 385 g/mol. The van der Waals surface area contributed by atoms with Gasteiger partial charge in [-0.3, -0.25) is 9.59 Å². The first kappa shape index (κ1) is 19.0. The van der Waals surface area contributed by atoms with Gasteiger partial charge in [0.2, 0.25) is 0 Å². The number of amides is 2. The molecule has 3 rings (SSSR count). The molecule has 6 heteroatoms. The molecule has 1 aliphatic heterocycles. The SMILES string of the molecule is CCCOc1ccc(C2=C(Cl)C(=O)N(c3ccc(OCC)cc3)C2=O)cc1. The smallest absolute Gasteiger partial charge is 0.277 e. The molecular formula is C21H20ClNO4. The molecule has 0 saturated heterocycles. The molecule has 0 saturated carbocycles. The number of carbonyl (C=O) groups excluding carboxylic acids is 2. The molecule has 140 valence electrons. The van der Waals surface area contributed by atoms with E-state index >= 15 is 0 Å². The van der Waals surface area contributed by atoms with Crippen LogP contribution in [-0.4, -0.2) is 25.0 Å². The van der Waals surface area contributed by atoms with Gasteiger partial charge in [0.05, 0.1) is 24.5 Å². The number of carbonyl (C=O) groups is 2. The number of rotatable bonds is 7. The van der Waals surface area contributed by atoms with Crippen molar-refractivity contribution < 1.29 is 19.1 Å². The van der Waals surface area contributed by atoms with Gasteiger partial charge in [-0.05, 0) is 55.3 Å². The summed E-state index contributed by atoms with van der Waals surface area (Å²) in [4.78, 5) is 26.6. The highest BCUT2D eigenvalue weighted by Gasteiger charge is 2.39. The average molecular weight is 386 g/mol. The lowest BCUT2D eigenvalue weighted by Gasteiger charge is -2.15. The normalized spacial score (nSPS) is 14.1. The van der Waals surface area contributed by atoms with Crippen molar-refractivity contribution in [3.05, 3.63) is 59.1 Å². The number of nitrogens with zero attached hydrogens (tertiary/aromatic N) is 1. The van der Waals surface area contributed by atoms with Crippen LogP contribution in [0.2, 0.25) is 0 Å². The third-order valence-corrected chi connectivity index (χ3v) is 4.40. The molecule has 0 aliphatic carbocycles. The molecule has 1 heterocycles. The molecular weight excluding hydrogens is 366 g/mol. The summed E-state index contributed by atoms with van der Waals surface area (Å²) in [5.41, 5.74) is 1.22. The van der Waals surface area contributed by atoms with Crippen molar-refractivity contribution in [3.8, 4) is 11.5 Å². The van der Waals surface area contributed by atoms with Crippen molar-refractivity contribution in [2.24, 2.45) is 0 Å². The molecule has 1 aliphatic rings. The molecule has 0 fully saturated rings. The summed E-state index contributed by atoms with van der Waals surface area (Å²) in [6.07, 6.45) is 0.906. The number of hydrogen-bond donors (Lipinski definition) is 0. The molecule has 0 N–H and O–H groups in total. The van der Waals surface area contributed by atoms with Crippen LogP contribution in [0.5, 0.6) is 11.5 Å². The largest absolute Gasteiger partial charge is 0.494 e. The lowest BCUT2D eigenvalue weighted by Crippen LogP contribution is -2.31. The fourth-order valence-electron chi connectivity index (χ4n) is 2.78. The summed E-state index contributed by atoms with van der Waals surface area (Å²) in [6.45, 7) is 5.06.